The fourth-order valence-corrected chi connectivity index (χ4v) is 1.20. The van der Waals surface area contributed by atoms with Crippen LogP contribution in [0.1, 0.15) is 10.4 Å². The molecule has 0 aliphatic carbocycles. The number of aldehydes is 1. The van der Waals surface area contributed by atoms with Crippen LogP contribution in [-0.4, -0.2) is 16.1 Å². The number of carbonyl (C=O) groups excluding carboxylic acids is 1. The van der Waals surface area contributed by atoms with Gasteiger partial charge in [-0.3, -0.25) is 9.48 Å². The lowest BCUT2D eigenvalue weighted by molar-refractivity contribution is 0.112. The second-order valence-electron chi connectivity index (χ2n) is 3.14. The average Bonchev–Trinajstić information content (AvgIpc) is 2.65. The first kappa shape index (κ1) is 9.45. The van der Waals surface area contributed by atoms with Crippen molar-refractivity contribution in [2.75, 3.05) is 0 Å². The van der Waals surface area contributed by atoms with Crippen molar-refractivity contribution in [3.63, 3.8) is 0 Å². The molecule has 1 heterocycles. The van der Waals surface area contributed by atoms with Crippen LogP contribution in [0, 0.1) is 0 Å². The highest BCUT2D eigenvalue weighted by Crippen LogP contribution is 2.20. The van der Waals surface area contributed by atoms with Crippen molar-refractivity contribution in [1.82, 2.24) is 9.78 Å². The monoisotopic (exact) mass is 202 g/mol. The lowest BCUT2D eigenvalue weighted by Gasteiger charge is -2.01. The maximum Gasteiger partial charge on any atom is 0.165 e. The Hall–Kier alpha value is -2.10. The number of aryl methyl sites for hydroxylation is 1. The summed E-state index contributed by atoms with van der Waals surface area (Å²) >= 11 is 0. The van der Waals surface area contributed by atoms with Crippen LogP contribution in [0.3, 0.4) is 0 Å². The van der Waals surface area contributed by atoms with E-state index in [2.05, 4.69) is 5.10 Å². The number of ether oxygens (including phenoxy) is 1. The zero-order valence-corrected chi connectivity index (χ0v) is 8.25. The number of nitrogens with zero attached hydrogens (tertiary/aromatic N) is 2. The fourth-order valence-electron chi connectivity index (χ4n) is 1.20. The first-order chi connectivity index (χ1) is 7.28. The Labute approximate surface area is 87.1 Å². The standard InChI is InChI=1S/C11H10N2O2/c1-13-7-11(6-12-13)15-10-4-2-9(8-14)3-5-10/h2-8H,1H3. The van der Waals surface area contributed by atoms with Gasteiger partial charge in [-0.15, -0.1) is 0 Å². The SMILES string of the molecule is Cn1cc(Oc2ccc(C=O)cc2)cn1. The summed E-state index contributed by atoms with van der Waals surface area (Å²) in [5.74, 6) is 1.37. The molecule has 76 valence electrons. The predicted molar refractivity (Wildman–Crippen MR) is 55.1 cm³/mol. The number of rotatable bonds is 3. The fraction of sp³-hybridized carbons (Fsp3) is 0.0909. The van der Waals surface area contributed by atoms with Crippen molar-refractivity contribution in [3.05, 3.63) is 42.2 Å². The molecule has 0 saturated heterocycles. The molecule has 0 unspecified atom stereocenters. The van der Waals surface area contributed by atoms with Crippen molar-refractivity contribution in [2.24, 2.45) is 7.05 Å². The molecule has 15 heavy (non-hydrogen) atoms. The van der Waals surface area contributed by atoms with E-state index in [1.54, 1.807) is 41.3 Å². The van der Waals surface area contributed by atoms with Crippen LogP contribution in [0.4, 0.5) is 0 Å². The average molecular weight is 202 g/mol. The van der Waals surface area contributed by atoms with E-state index in [-0.39, 0.29) is 0 Å². The van der Waals surface area contributed by atoms with Gasteiger partial charge in [0.25, 0.3) is 0 Å². The summed E-state index contributed by atoms with van der Waals surface area (Å²) < 4.78 is 7.16. The minimum Gasteiger partial charge on any atom is -0.454 e. The number of aromatic nitrogens is 2. The molecule has 0 aliphatic rings. The van der Waals surface area contributed by atoms with E-state index in [0.717, 1.165) is 6.29 Å². The molecule has 0 fully saturated rings. The Balaban J connectivity index is 2.14. The third kappa shape index (κ3) is 2.22. The van der Waals surface area contributed by atoms with Gasteiger partial charge in [0.15, 0.2) is 5.75 Å². The minimum atomic E-state index is 0.633. The zero-order valence-electron chi connectivity index (χ0n) is 8.25. The van der Waals surface area contributed by atoms with Crippen molar-refractivity contribution in [2.45, 2.75) is 0 Å². The summed E-state index contributed by atoms with van der Waals surface area (Å²) in [5, 5.41) is 3.98. The number of benzene rings is 1. The predicted octanol–water partition coefficient (Wildman–Crippen LogP) is 2.02. The first-order valence-electron chi connectivity index (χ1n) is 4.49. The maximum atomic E-state index is 10.4. The van der Waals surface area contributed by atoms with Gasteiger partial charge in [0.1, 0.15) is 12.0 Å². The largest absolute Gasteiger partial charge is 0.454 e. The number of carbonyl (C=O) groups is 1. The Morgan fingerprint density at radius 1 is 1.27 bits per heavy atom. The molecule has 1 aromatic heterocycles. The highest BCUT2D eigenvalue weighted by atomic mass is 16.5. The van der Waals surface area contributed by atoms with Gasteiger partial charge >= 0.3 is 0 Å². The van der Waals surface area contributed by atoms with Crippen molar-refractivity contribution in [3.8, 4) is 11.5 Å². The highest BCUT2D eigenvalue weighted by Gasteiger charge is 1.99. The summed E-state index contributed by atoms with van der Waals surface area (Å²) in [6.07, 6.45) is 4.20. The molecule has 0 radical (unpaired) electrons. The minimum absolute atomic E-state index is 0.633. The van der Waals surface area contributed by atoms with E-state index in [4.69, 9.17) is 4.74 Å². The van der Waals surface area contributed by atoms with Gasteiger partial charge in [0.2, 0.25) is 0 Å². The van der Waals surface area contributed by atoms with E-state index >= 15 is 0 Å². The lowest BCUT2D eigenvalue weighted by Crippen LogP contribution is -1.85. The second-order valence-corrected chi connectivity index (χ2v) is 3.14. The molecule has 0 atom stereocenters. The lowest BCUT2D eigenvalue weighted by atomic mass is 10.2. The molecule has 0 N–H and O–H groups in total. The quantitative estimate of drug-likeness (QED) is 0.715. The Kier molecular flexibility index (Phi) is 2.49. The first-order valence-corrected chi connectivity index (χ1v) is 4.49. The van der Waals surface area contributed by atoms with Crippen LogP contribution in [0.15, 0.2) is 36.7 Å². The van der Waals surface area contributed by atoms with Crippen LogP contribution in [0.25, 0.3) is 0 Å². The van der Waals surface area contributed by atoms with Gasteiger partial charge in [0.05, 0.1) is 12.4 Å². The van der Waals surface area contributed by atoms with Gasteiger partial charge < -0.3 is 4.74 Å². The van der Waals surface area contributed by atoms with E-state index in [0.29, 0.717) is 17.1 Å². The van der Waals surface area contributed by atoms with Gasteiger partial charge in [0, 0.05) is 12.6 Å². The van der Waals surface area contributed by atoms with Crippen LogP contribution >= 0.6 is 0 Å². The van der Waals surface area contributed by atoms with Crippen molar-refractivity contribution < 1.29 is 9.53 Å². The summed E-state index contributed by atoms with van der Waals surface area (Å²) in [7, 11) is 1.82. The number of hydrogen-bond donors (Lipinski definition) is 0. The normalized spacial score (nSPS) is 9.93. The summed E-state index contributed by atoms with van der Waals surface area (Å²) in [6.45, 7) is 0. The molecule has 0 saturated carbocycles. The molecule has 0 aliphatic heterocycles. The van der Waals surface area contributed by atoms with E-state index in [1.165, 1.54) is 0 Å². The molecule has 4 nitrogen and oxygen atoms in total. The van der Waals surface area contributed by atoms with Crippen molar-refractivity contribution in [1.29, 1.82) is 0 Å². The molecule has 2 rings (SSSR count). The zero-order chi connectivity index (χ0) is 10.7. The molecular formula is C11H10N2O2. The number of hydrogen-bond acceptors (Lipinski definition) is 3. The summed E-state index contributed by atoms with van der Waals surface area (Å²) in [6, 6.07) is 6.91. The summed E-state index contributed by atoms with van der Waals surface area (Å²) in [4.78, 5) is 10.4. The van der Waals surface area contributed by atoms with Crippen LogP contribution in [-0.2, 0) is 7.05 Å². The van der Waals surface area contributed by atoms with Crippen LogP contribution < -0.4 is 4.74 Å². The summed E-state index contributed by atoms with van der Waals surface area (Å²) in [5.41, 5.74) is 0.633. The van der Waals surface area contributed by atoms with E-state index < -0.39 is 0 Å². The van der Waals surface area contributed by atoms with Crippen molar-refractivity contribution >= 4 is 6.29 Å². The third-order valence-corrected chi connectivity index (χ3v) is 1.93. The molecular weight excluding hydrogens is 192 g/mol. The second kappa shape index (κ2) is 3.96. The molecule has 4 heteroatoms. The molecule has 2 aromatic rings. The molecule has 1 aromatic carbocycles. The smallest absolute Gasteiger partial charge is 0.165 e. The Bertz CT molecular complexity index is 460. The third-order valence-electron chi connectivity index (χ3n) is 1.93. The molecule has 0 spiro atoms. The topological polar surface area (TPSA) is 44.1 Å². The molecule has 0 bridgehead atoms. The Morgan fingerprint density at radius 2 is 2.00 bits per heavy atom. The van der Waals surface area contributed by atoms with Crippen LogP contribution in [0.5, 0.6) is 11.5 Å². The van der Waals surface area contributed by atoms with Gasteiger partial charge in [-0.05, 0) is 24.3 Å². The Morgan fingerprint density at radius 3 is 2.53 bits per heavy atom. The van der Waals surface area contributed by atoms with Crippen LogP contribution in [0.2, 0.25) is 0 Å². The van der Waals surface area contributed by atoms with E-state index in [1.807, 2.05) is 7.05 Å². The molecule has 0 amide bonds. The van der Waals surface area contributed by atoms with Gasteiger partial charge in [-0.25, -0.2) is 0 Å². The van der Waals surface area contributed by atoms with Gasteiger partial charge in [-0.1, -0.05) is 0 Å². The maximum absolute atomic E-state index is 10.4. The van der Waals surface area contributed by atoms with Gasteiger partial charge in [-0.2, -0.15) is 5.10 Å². The van der Waals surface area contributed by atoms with E-state index in [9.17, 15) is 4.79 Å². The highest BCUT2D eigenvalue weighted by molar-refractivity contribution is 5.74.